The Morgan fingerprint density at radius 3 is 3.00 bits per heavy atom. The topological polar surface area (TPSA) is 38.3 Å². The summed E-state index contributed by atoms with van der Waals surface area (Å²) in [5, 5.41) is 3.78. The van der Waals surface area contributed by atoms with Crippen molar-refractivity contribution < 1.29 is 9.53 Å². The van der Waals surface area contributed by atoms with Gasteiger partial charge in [-0.05, 0) is 32.6 Å². The number of ether oxygens (including phenoxy) is 1. The van der Waals surface area contributed by atoms with E-state index < -0.39 is 0 Å². The molecular weight excluding hydrogens is 266 g/mol. The van der Waals surface area contributed by atoms with Crippen LogP contribution in [0.15, 0.2) is 0 Å². The minimum absolute atomic E-state index is 0.194. The van der Waals surface area contributed by atoms with E-state index in [2.05, 4.69) is 5.32 Å². The van der Waals surface area contributed by atoms with Gasteiger partial charge in [-0.15, -0.1) is 0 Å². The molecule has 0 aromatic rings. The van der Waals surface area contributed by atoms with Crippen LogP contribution in [0.25, 0.3) is 0 Å². The molecule has 18 heavy (non-hydrogen) atoms. The lowest BCUT2D eigenvalue weighted by Gasteiger charge is -2.07. The first kappa shape index (κ1) is 16.2. The van der Waals surface area contributed by atoms with Gasteiger partial charge in [0.1, 0.15) is 0 Å². The molecule has 1 heterocycles. The van der Waals surface area contributed by atoms with Gasteiger partial charge in [-0.2, -0.15) is 0 Å². The highest BCUT2D eigenvalue weighted by Gasteiger charge is 2.15. The van der Waals surface area contributed by atoms with Gasteiger partial charge < -0.3 is 10.1 Å². The molecule has 0 aromatic heterocycles. The van der Waals surface area contributed by atoms with E-state index in [4.69, 9.17) is 4.74 Å². The molecule has 0 bridgehead atoms. The largest absolute Gasteiger partial charge is 0.382 e. The Morgan fingerprint density at radius 2 is 2.28 bits per heavy atom. The van der Waals surface area contributed by atoms with Crippen molar-refractivity contribution in [2.45, 2.75) is 50.7 Å². The van der Waals surface area contributed by atoms with Crippen LogP contribution in [0.4, 0.5) is 0 Å². The summed E-state index contributed by atoms with van der Waals surface area (Å²) in [6.45, 7) is 4.23. The zero-order valence-corrected chi connectivity index (χ0v) is 12.9. The summed E-state index contributed by atoms with van der Waals surface area (Å²) in [5.74, 6) is 1.50. The number of hydrogen-bond donors (Lipinski definition) is 1. The maximum Gasteiger partial charge on any atom is 0.219 e. The normalized spacial score (nSPS) is 19.1. The number of nitrogens with one attached hydrogen (secondary N) is 1. The smallest absolute Gasteiger partial charge is 0.219 e. The monoisotopic (exact) mass is 291 g/mol. The van der Waals surface area contributed by atoms with E-state index in [0.717, 1.165) is 37.9 Å². The van der Waals surface area contributed by atoms with E-state index in [1.54, 1.807) is 0 Å². The van der Waals surface area contributed by atoms with Crippen molar-refractivity contribution >= 4 is 27.5 Å². The third kappa shape index (κ3) is 8.27. The molecule has 106 valence electrons. The van der Waals surface area contributed by atoms with Crippen LogP contribution in [0.5, 0.6) is 0 Å². The predicted octanol–water partition coefficient (Wildman–Crippen LogP) is 3.24. The summed E-state index contributed by atoms with van der Waals surface area (Å²) < 4.78 is 5.22. The van der Waals surface area contributed by atoms with Gasteiger partial charge in [0, 0.05) is 37.2 Å². The third-order valence-corrected chi connectivity index (χ3v) is 5.91. The molecule has 1 aliphatic heterocycles. The van der Waals surface area contributed by atoms with Crippen molar-refractivity contribution in [2.24, 2.45) is 0 Å². The number of amides is 1. The van der Waals surface area contributed by atoms with Gasteiger partial charge in [0.05, 0.1) is 0 Å². The molecule has 0 unspecified atom stereocenters. The fraction of sp³-hybridized carbons (Fsp3) is 0.923. The first-order valence-electron chi connectivity index (χ1n) is 6.95. The molecule has 1 amide bonds. The Kier molecular flexibility index (Phi) is 9.89. The van der Waals surface area contributed by atoms with Gasteiger partial charge in [-0.3, -0.25) is 4.79 Å². The lowest BCUT2D eigenvalue weighted by atomic mass is 10.1. The fourth-order valence-corrected chi connectivity index (χ4v) is 4.88. The number of carbonyl (C=O) groups excluding carboxylic acids is 1. The second-order valence-electron chi connectivity index (χ2n) is 4.48. The number of hydrogen-bond acceptors (Lipinski definition) is 4. The highest BCUT2D eigenvalue weighted by molar-refractivity contribution is 8.77. The summed E-state index contributed by atoms with van der Waals surface area (Å²) in [6, 6.07) is 0. The second-order valence-corrected chi connectivity index (χ2v) is 7.26. The van der Waals surface area contributed by atoms with Crippen molar-refractivity contribution in [1.82, 2.24) is 5.32 Å². The van der Waals surface area contributed by atoms with Crippen LogP contribution >= 0.6 is 21.6 Å². The molecule has 5 heteroatoms. The summed E-state index contributed by atoms with van der Waals surface area (Å²) in [6.07, 6.45) is 6.42. The summed E-state index contributed by atoms with van der Waals surface area (Å²) in [7, 11) is 4.01. The molecule has 0 saturated carbocycles. The fourth-order valence-electron chi connectivity index (χ4n) is 1.86. The Labute approximate surface area is 119 Å². The Balaban J connectivity index is 1.84. The van der Waals surface area contributed by atoms with Crippen molar-refractivity contribution in [3.8, 4) is 0 Å². The second kappa shape index (κ2) is 11.0. The van der Waals surface area contributed by atoms with Gasteiger partial charge >= 0.3 is 0 Å². The summed E-state index contributed by atoms with van der Waals surface area (Å²) in [4.78, 5) is 11.5. The standard InChI is InChI=1S/C13H25NO2S2/c1-2-16-10-5-9-14-13(15)7-4-3-6-12-8-11-17-18-12/h12H,2-11H2,1H3,(H,14,15)/t12-/m1/s1. The van der Waals surface area contributed by atoms with Gasteiger partial charge in [-0.25, -0.2) is 0 Å². The van der Waals surface area contributed by atoms with Crippen molar-refractivity contribution in [3.05, 3.63) is 0 Å². The molecule has 0 spiro atoms. The molecule has 1 rings (SSSR count). The van der Waals surface area contributed by atoms with Crippen molar-refractivity contribution in [1.29, 1.82) is 0 Å². The van der Waals surface area contributed by atoms with Crippen LogP contribution in [0.2, 0.25) is 0 Å². The molecule has 1 fully saturated rings. The van der Waals surface area contributed by atoms with Crippen LogP contribution in [-0.4, -0.2) is 36.7 Å². The lowest BCUT2D eigenvalue weighted by Crippen LogP contribution is -2.24. The number of unbranched alkanes of at least 4 members (excludes halogenated alkanes) is 1. The minimum atomic E-state index is 0.194. The highest BCUT2D eigenvalue weighted by Crippen LogP contribution is 2.39. The van der Waals surface area contributed by atoms with Crippen LogP contribution in [-0.2, 0) is 9.53 Å². The maximum absolute atomic E-state index is 11.5. The molecule has 0 aliphatic carbocycles. The number of rotatable bonds is 10. The Bertz CT molecular complexity index is 221. The summed E-state index contributed by atoms with van der Waals surface area (Å²) in [5.41, 5.74) is 0. The van der Waals surface area contributed by atoms with Gasteiger partial charge in [0.15, 0.2) is 0 Å². The SMILES string of the molecule is CCOCCCNC(=O)CCCC[C@@H]1CCSS1. The Hall–Kier alpha value is 0.130. The summed E-state index contributed by atoms with van der Waals surface area (Å²) >= 11 is 0. The molecule has 1 N–H and O–H groups in total. The van der Waals surface area contributed by atoms with Crippen molar-refractivity contribution in [2.75, 3.05) is 25.5 Å². The molecule has 3 nitrogen and oxygen atoms in total. The average molecular weight is 291 g/mol. The predicted molar refractivity (Wildman–Crippen MR) is 81.0 cm³/mol. The number of carbonyl (C=O) groups is 1. The molecular formula is C13H25NO2S2. The lowest BCUT2D eigenvalue weighted by molar-refractivity contribution is -0.121. The van der Waals surface area contributed by atoms with E-state index in [1.165, 1.54) is 25.0 Å². The van der Waals surface area contributed by atoms with Crippen LogP contribution in [0, 0.1) is 0 Å². The van der Waals surface area contributed by atoms with E-state index in [1.807, 2.05) is 28.5 Å². The molecule has 1 aliphatic rings. The van der Waals surface area contributed by atoms with E-state index in [-0.39, 0.29) is 5.91 Å². The minimum Gasteiger partial charge on any atom is -0.382 e. The quantitative estimate of drug-likeness (QED) is 0.495. The van der Waals surface area contributed by atoms with Gasteiger partial charge in [0.2, 0.25) is 5.91 Å². The zero-order valence-electron chi connectivity index (χ0n) is 11.3. The molecule has 1 saturated heterocycles. The molecule has 0 aromatic carbocycles. The highest BCUT2D eigenvalue weighted by atomic mass is 33.1. The van der Waals surface area contributed by atoms with E-state index >= 15 is 0 Å². The van der Waals surface area contributed by atoms with Gasteiger partial charge in [-0.1, -0.05) is 28.0 Å². The van der Waals surface area contributed by atoms with Crippen LogP contribution in [0.1, 0.15) is 45.4 Å². The first-order chi connectivity index (χ1) is 8.83. The molecule has 0 radical (unpaired) electrons. The maximum atomic E-state index is 11.5. The van der Waals surface area contributed by atoms with Crippen LogP contribution < -0.4 is 5.32 Å². The average Bonchev–Trinajstić information content (AvgIpc) is 2.87. The molecule has 1 atom stereocenters. The van der Waals surface area contributed by atoms with E-state index in [0.29, 0.717) is 6.42 Å². The first-order valence-corrected chi connectivity index (χ1v) is 9.34. The zero-order chi connectivity index (χ0) is 13.1. The van der Waals surface area contributed by atoms with Crippen molar-refractivity contribution in [3.63, 3.8) is 0 Å². The Morgan fingerprint density at radius 1 is 1.39 bits per heavy atom. The van der Waals surface area contributed by atoms with Crippen LogP contribution in [0.3, 0.4) is 0 Å². The third-order valence-electron chi connectivity index (χ3n) is 2.90. The van der Waals surface area contributed by atoms with E-state index in [9.17, 15) is 4.79 Å². The van der Waals surface area contributed by atoms with Gasteiger partial charge in [0.25, 0.3) is 0 Å².